The Bertz CT molecular complexity index is 705. The summed E-state index contributed by atoms with van der Waals surface area (Å²) in [4.78, 5) is 3.96. The summed E-state index contributed by atoms with van der Waals surface area (Å²) in [6.07, 6.45) is 2.97. The Kier molecular flexibility index (Phi) is 4.34. The topological polar surface area (TPSA) is 81.2 Å². The normalized spacial score (nSPS) is 11.9. The second kappa shape index (κ2) is 5.87. The molecule has 1 aromatic carbocycles. The van der Waals surface area contributed by atoms with Gasteiger partial charge in [0.05, 0.1) is 12.0 Å². The van der Waals surface area contributed by atoms with Crippen LogP contribution in [0.25, 0.3) is 0 Å². The quantitative estimate of drug-likeness (QED) is 0.907. The Morgan fingerprint density at radius 2 is 1.90 bits per heavy atom. The van der Waals surface area contributed by atoms with Gasteiger partial charge in [-0.3, -0.25) is 4.31 Å². The van der Waals surface area contributed by atoms with Crippen molar-refractivity contribution < 1.29 is 8.42 Å². The molecule has 2 aromatic rings. The molecule has 6 nitrogen and oxygen atoms in total. The minimum Gasteiger partial charge on any atom is -0.339 e. The van der Waals surface area contributed by atoms with Crippen molar-refractivity contribution in [1.82, 2.24) is 9.55 Å². The number of nitrogens with zero attached hydrogens (tertiary/aromatic N) is 3. The number of hydrogen-bond donors (Lipinski definition) is 1. The van der Waals surface area contributed by atoms with Crippen LogP contribution in [0.4, 0.5) is 5.69 Å². The van der Waals surface area contributed by atoms with Gasteiger partial charge >= 0.3 is 0 Å². The lowest BCUT2D eigenvalue weighted by atomic mass is 10.2. The van der Waals surface area contributed by atoms with Gasteiger partial charge in [0.25, 0.3) is 10.0 Å². The number of rotatable bonds is 5. The highest BCUT2D eigenvalue weighted by molar-refractivity contribution is 7.92. The molecule has 21 heavy (non-hydrogen) atoms. The number of nitrogens with two attached hydrogens (primary N) is 1. The Hall–Kier alpha value is -1.86. The van der Waals surface area contributed by atoms with Gasteiger partial charge < -0.3 is 10.3 Å². The van der Waals surface area contributed by atoms with E-state index in [1.165, 1.54) is 16.8 Å². The van der Waals surface area contributed by atoms with Crippen LogP contribution in [0, 0.1) is 0 Å². The van der Waals surface area contributed by atoms with E-state index in [0.29, 0.717) is 12.2 Å². The van der Waals surface area contributed by atoms with E-state index in [9.17, 15) is 8.42 Å². The first kappa shape index (κ1) is 15.5. The largest absolute Gasteiger partial charge is 0.339 e. The van der Waals surface area contributed by atoms with E-state index in [1.54, 1.807) is 23.7 Å². The fourth-order valence-electron chi connectivity index (χ4n) is 2.12. The van der Waals surface area contributed by atoms with Gasteiger partial charge in [-0.15, -0.1) is 0 Å². The summed E-state index contributed by atoms with van der Waals surface area (Å²) in [7, 11) is -1.94. The van der Waals surface area contributed by atoms with Crippen LogP contribution >= 0.6 is 0 Å². The molecule has 1 aromatic heterocycles. The van der Waals surface area contributed by atoms with Crippen molar-refractivity contribution in [2.75, 3.05) is 4.31 Å². The van der Waals surface area contributed by atoms with E-state index in [4.69, 9.17) is 5.73 Å². The second-order valence-corrected chi connectivity index (χ2v) is 6.90. The number of sulfonamides is 1. The van der Waals surface area contributed by atoms with Gasteiger partial charge in [-0.05, 0) is 31.5 Å². The van der Waals surface area contributed by atoms with E-state index in [0.717, 1.165) is 5.56 Å². The highest BCUT2D eigenvalue weighted by Crippen LogP contribution is 2.25. The average Bonchev–Trinajstić information content (AvgIpc) is 2.86. The predicted molar refractivity (Wildman–Crippen MR) is 82.3 cm³/mol. The molecule has 2 N–H and O–H groups in total. The third-order valence-electron chi connectivity index (χ3n) is 3.10. The number of aromatic nitrogens is 2. The summed E-state index contributed by atoms with van der Waals surface area (Å²) in [6, 6.07) is 6.98. The molecule has 114 valence electrons. The molecular weight excluding hydrogens is 288 g/mol. The molecule has 0 aliphatic carbocycles. The summed E-state index contributed by atoms with van der Waals surface area (Å²) in [6.45, 7) is 4.09. The Morgan fingerprint density at radius 3 is 2.33 bits per heavy atom. The first-order chi connectivity index (χ1) is 9.86. The van der Waals surface area contributed by atoms with E-state index < -0.39 is 10.0 Å². The monoisotopic (exact) mass is 308 g/mol. The molecule has 2 rings (SSSR count). The Labute approximate surface area is 125 Å². The van der Waals surface area contributed by atoms with Crippen LogP contribution in [-0.2, 0) is 23.6 Å². The predicted octanol–water partition coefficient (Wildman–Crippen LogP) is 1.48. The minimum atomic E-state index is -3.68. The van der Waals surface area contributed by atoms with Crippen molar-refractivity contribution in [1.29, 1.82) is 0 Å². The number of benzene rings is 1. The third kappa shape index (κ3) is 3.08. The van der Waals surface area contributed by atoms with Crippen LogP contribution in [0.2, 0.25) is 0 Å². The van der Waals surface area contributed by atoms with Gasteiger partial charge in [0.15, 0.2) is 5.03 Å². The molecule has 0 atom stereocenters. The maximum Gasteiger partial charge on any atom is 0.283 e. The molecular formula is C14H20N4O2S. The average molecular weight is 308 g/mol. The highest BCUT2D eigenvalue weighted by atomic mass is 32.2. The molecule has 1 heterocycles. The molecule has 0 fully saturated rings. The van der Waals surface area contributed by atoms with Crippen LogP contribution in [0.5, 0.6) is 0 Å². The Balaban J connectivity index is 2.47. The van der Waals surface area contributed by atoms with E-state index in [2.05, 4.69) is 4.98 Å². The fraction of sp³-hybridized carbons (Fsp3) is 0.357. The molecule has 0 radical (unpaired) electrons. The maximum atomic E-state index is 12.8. The lowest BCUT2D eigenvalue weighted by Crippen LogP contribution is -2.37. The number of imidazole rings is 1. The van der Waals surface area contributed by atoms with Gasteiger partial charge in [0, 0.05) is 25.8 Å². The molecule has 0 spiro atoms. The lowest BCUT2D eigenvalue weighted by Gasteiger charge is -2.27. The summed E-state index contributed by atoms with van der Waals surface area (Å²) >= 11 is 0. The van der Waals surface area contributed by atoms with Crippen LogP contribution in [0.1, 0.15) is 19.4 Å². The summed E-state index contributed by atoms with van der Waals surface area (Å²) < 4.78 is 28.5. The first-order valence-corrected chi connectivity index (χ1v) is 8.11. The molecule has 0 unspecified atom stereocenters. The third-order valence-corrected chi connectivity index (χ3v) is 4.99. The minimum absolute atomic E-state index is 0.0431. The first-order valence-electron chi connectivity index (χ1n) is 6.67. The highest BCUT2D eigenvalue weighted by Gasteiger charge is 2.29. The summed E-state index contributed by atoms with van der Waals surface area (Å²) in [5, 5.41) is 0.0431. The van der Waals surface area contributed by atoms with E-state index in [1.807, 2.05) is 26.0 Å². The van der Waals surface area contributed by atoms with Crippen LogP contribution in [0.3, 0.4) is 0 Å². The zero-order valence-corrected chi connectivity index (χ0v) is 13.2. The fourth-order valence-corrected chi connectivity index (χ4v) is 3.75. The SMILES string of the molecule is CC(C)N(c1ccc(CN)cc1)S(=O)(=O)c1cn(C)cn1. The molecule has 0 aliphatic rings. The molecule has 0 amide bonds. The van der Waals surface area contributed by atoms with Crippen LogP contribution in [-0.4, -0.2) is 24.0 Å². The zero-order valence-electron chi connectivity index (χ0n) is 12.4. The molecule has 0 bridgehead atoms. The standard InChI is InChI=1S/C14H20N4O2S/c1-11(2)18(13-6-4-12(8-15)5-7-13)21(19,20)14-9-17(3)10-16-14/h4-7,9-11H,8,15H2,1-3H3. The van der Waals surface area contributed by atoms with Gasteiger partial charge in [0.1, 0.15) is 0 Å². The number of anilines is 1. The summed E-state index contributed by atoms with van der Waals surface area (Å²) in [5.74, 6) is 0. The van der Waals surface area contributed by atoms with E-state index >= 15 is 0 Å². The smallest absolute Gasteiger partial charge is 0.283 e. The van der Waals surface area contributed by atoms with Crippen LogP contribution < -0.4 is 10.0 Å². The van der Waals surface area contributed by atoms with Crippen molar-refractivity contribution in [3.63, 3.8) is 0 Å². The molecule has 0 aliphatic heterocycles. The van der Waals surface area contributed by atoms with Crippen molar-refractivity contribution >= 4 is 15.7 Å². The van der Waals surface area contributed by atoms with Gasteiger partial charge in [-0.2, -0.15) is 8.42 Å². The summed E-state index contributed by atoms with van der Waals surface area (Å²) in [5.41, 5.74) is 7.13. The number of hydrogen-bond acceptors (Lipinski definition) is 4. The molecule has 0 saturated carbocycles. The van der Waals surface area contributed by atoms with Gasteiger partial charge in [0.2, 0.25) is 0 Å². The molecule has 7 heteroatoms. The lowest BCUT2D eigenvalue weighted by molar-refractivity contribution is 0.581. The van der Waals surface area contributed by atoms with E-state index in [-0.39, 0.29) is 11.1 Å². The van der Waals surface area contributed by atoms with Gasteiger partial charge in [-0.1, -0.05) is 12.1 Å². The van der Waals surface area contributed by atoms with Crippen molar-refractivity contribution in [3.8, 4) is 0 Å². The van der Waals surface area contributed by atoms with Crippen molar-refractivity contribution in [2.45, 2.75) is 31.5 Å². The van der Waals surface area contributed by atoms with Crippen LogP contribution in [0.15, 0.2) is 41.8 Å². The zero-order chi connectivity index (χ0) is 15.6. The van der Waals surface area contributed by atoms with Crippen molar-refractivity contribution in [2.24, 2.45) is 12.8 Å². The number of aryl methyl sites for hydroxylation is 1. The Morgan fingerprint density at radius 1 is 1.29 bits per heavy atom. The second-order valence-electron chi connectivity index (χ2n) is 5.14. The molecule has 0 saturated heterocycles. The maximum absolute atomic E-state index is 12.8. The van der Waals surface area contributed by atoms with Crippen molar-refractivity contribution in [3.05, 3.63) is 42.4 Å². The van der Waals surface area contributed by atoms with Gasteiger partial charge in [-0.25, -0.2) is 4.98 Å².